The molecular weight excluding hydrogens is 240 g/mol. The molecular formula is C12H19ClN2O2. The summed E-state index contributed by atoms with van der Waals surface area (Å²) in [5.41, 5.74) is 0.714. The molecule has 0 amide bonds. The molecule has 0 spiro atoms. The number of ether oxygens (including phenoxy) is 1. The van der Waals surface area contributed by atoms with Gasteiger partial charge in [0.05, 0.1) is 24.3 Å². The molecule has 0 aliphatic heterocycles. The molecule has 0 radical (unpaired) electrons. The van der Waals surface area contributed by atoms with Crippen LogP contribution in [0.2, 0.25) is 5.02 Å². The quantitative estimate of drug-likeness (QED) is 0.849. The van der Waals surface area contributed by atoms with Crippen LogP contribution in [0.25, 0.3) is 0 Å². The predicted molar refractivity (Wildman–Crippen MR) is 69.5 cm³/mol. The van der Waals surface area contributed by atoms with Gasteiger partial charge in [0.1, 0.15) is 5.82 Å². The zero-order valence-electron chi connectivity index (χ0n) is 10.5. The number of aliphatic hydroxyl groups is 1. The molecule has 0 unspecified atom stereocenters. The van der Waals surface area contributed by atoms with Gasteiger partial charge in [-0.1, -0.05) is 11.6 Å². The standard InChI is InChI=1S/C12H19ClN2O2/c1-9(2)17-5-4-15(3)12-11(13)6-10(8-16)7-14-12/h6-7,9,16H,4-5,8H2,1-3H3. The molecule has 96 valence electrons. The summed E-state index contributed by atoms with van der Waals surface area (Å²) in [6.45, 7) is 5.31. The summed E-state index contributed by atoms with van der Waals surface area (Å²) in [5, 5.41) is 9.51. The van der Waals surface area contributed by atoms with Gasteiger partial charge in [0.15, 0.2) is 0 Å². The van der Waals surface area contributed by atoms with E-state index in [1.165, 1.54) is 0 Å². The summed E-state index contributed by atoms with van der Waals surface area (Å²) >= 11 is 6.09. The van der Waals surface area contributed by atoms with Gasteiger partial charge >= 0.3 is 0 Å². The van der Waals surface area contributed by atoms with Crippen molar-refractivity contribution in [1.29, 1.82) is 0 Å². The third-order valence-electron chi connectivity index (χ3n) is 2.30. The van der Waals surface area contributed by atoms with Gasteiger partial charge in [-0.15, -0.1) is 0 Å². The summed E-state index contributed by atoms with van der Waals surface area (Å²) in [7, 11) is 1.91. The van der Waals surface area contributed by atoms with Gasteiger partial charge in [0, 0.05) is 19.8 Å². The number of halogens is 1. The van der Waals surface area contributed by atoms with E-state index in [0.717, 1.165) is 6.54 Å². The van der Waals surface area contributed by atoms with E-state index in [-0.39, 0.29) is 12.7 Å². The van der Waals surface area contributed by atoms with Gasteiger partial charge < -0.3 is 14.7 Å². The normalized spacial score (nSPS) is 10.9. The van der Waals surface area contributed by atoms with Crippen molar-refractivity contribution < 1.29 is 9.84 Å². The molecule has 1 aromatic heterocycles. The Morgan fingerprint density at radius 2 is 2.24 bits per heavy atom. The van der Waals surface area contributed by atoms with Crippen LogP contribution in [0.5, 0.6) is 0 Å². The Hall–Kier alpha value is -0.840. The van der Waals surface area contributed by atoms with Gasteiger partial charge in [-0.3, -0.25) is 0 Å². The lowest BCUT2D eigenvalue weighted by Gasteiger charge is -2.20. The maximum Gasteiger partial charge on any atom is 0.147 e. The number of aliphatic hydroxyl groups excluding tert-OH is 1. The van der Waals surface area contributed by atoms with Gasteiger partial charge in [-0.2, -0.15) is 0 Å². The topological polar surface area (TPSA) is 45.6 Å². The van der Waals surface area contributed by atoms with Crippen LogP contribution in [-0.2, 0) is 11.3 Å². The maximum atomic E-state index is 8.96. The Morgan fingerprint density at radius 1 is 1.53 bits per heavy atom. The summed E-state index contributed by atoms with van der Waals surface area (Å²) in [6.07, 6.45) is 1.85. The van der Waals surface area contributed by atoms with Crippen LogP contribution in [0.1, 0.15) is 19.4 Å². The smallest absolute Gasteiger partial charge is 0.147 e. The number of anilines is 1. The average Bonchev–Trinajstić information content (AvgIpc) is 2.28. The van der Waals surface area contributed by atoms with Crippen LogP contribution in [0.15, 0.2) is 12.3 Å². The first-order valence-corrected chi connectivity index (χ1v) is 6.00. The van der Waals surface area contributed by atoms with Crippen LogP contribution in [0.3, 0.4) is 0 Å². The van der Waals surface area contributed by atoms with Gasteiger partial charge in [-0.05, 0) is 25.5 Å². The summed E-state index contributed by atoms with van der Waals surface area (Å²) < 4.78 is 5.47. The SMILES string of the molecule is CC(C)OCCN(C)c1ncc(CO)cc1Cl. The molecule has 4 nitrogen and oxygen atoms in total. The van der Waals surface area contributed by atoms with E-state index in [2.05, 4.69) is 4.98 Å². The van der Waals surface area contributed by atoms with Crippen molar-refractivity contribution in [2.75, 3.05) is 25.1 Å². The van der Waals surface area contributed by atoms with Gasteiger partial charge in [-0.25, -0.2) is 4.98 Å². The maximum absolute atomic E-state index is 8.96. The zero-order chi connectivity index (χ0) is 12.8. The highest BCUT2D eigenvalue weighted by Crippen LogP contribution is 2.22. The Balaban J connectivity index is 2.59. The van der Waals surface area contributed by atoms with E-state index in [9.17, 15) is 0 Å². The second-order valence-corrected chi connectivity index (χ2v) is 4.56. The molecule has 0 aliphatic rings. The first-order chi connectivity index (χ1) is 8.04. The number of hydrogen-bond acceptors (Lipinski definition) is 4. The highest BCUT2D eigenvalue weighted by molar-refractivity contribution is 6.33. The third kappa shape index (κ3) is 4.50. The Kier molecular flexibility index (Phi) is 5.68. The average molecular weight is 259 g/mol. The fourth-order valence-electron chi connectivity index (χ4n) is 1.37. The molecule has 0 saturated carbocycles. The second-order valence-electron chi connectivity index (χ2n) is 4.15. The van der Waals surface area contributed by atoms with Crippen molar-refractivity contribution in [2.24, 2.45) is 0 Å². The molecule has 0 bridgehead atoms. The number of pyridine rings is 1. The fourth-order valence-corrected chi connectivity index (χ4v) is 1.70. The van der Waals surface area contributed by atoms with Crippen molar-refractivity contribution in [3.05, 3.63) is 22.8 Å². The lowest BCUT2D eigenvalue weighted by atomic mass is 10.3. The monoisotopic (exact) mass is 258 g/mol. The molecule has 1 N–H and O–H groups in total. The molecule has 5 heteroatoms. The molecule has 0 saturated heterocycles. The number of hydrogen-bond donors (Lipinski definition) is 1. The van der Waals surface area contributed by atoms with Crippen molar-refractivity contribution in [3.63, 3.8) is 0 Å². The first-order valence-electron chi connectivity index (χ1n) is 5.62. The summed E-state index contributed by atoms with van der Waals surface area (Å²) in [5.74, 6) is 0.705. The second kappa shape index (κ2) is 6.79. The largest absolute Gasteiger partial charge is 0.392 e. The molecule has 0 aliphatic carbocycles. The van der Waals surface area contributed by atoms with E-state index in [4.69, 9.17) is 21.4 Å². The molecule has 0 aromatic carbocycles. The number of aromatic nitrogens is 1. The Bertz CT molecular complexity index is 358. The van der Waals surface area contributed by atoms with Gasteiger partial charge in [0.2, 0.25) is 0 Å². The molecule has 1 heterocycles. The molecule has 0 atom stereocenters. The third-order valence-corrected chi connectivity index (χ3v) is 2.58. The molecule has 0 fully saturated rings. The number of nitrogens with zero attached hydrogens (tertiary/aromatic N) is 2. The highest BCUT2D eigenvalue weighted by Gasteiger charge is 2.08. The molecule has 1 aromatic rings. The first kappa shape index (κ1) is 14.2. The summed E-state index contributed by atoms with van der Waals surface area (Å²) in [4.78, 5) is 6.16. The van der Waals surface area contributed by atoms with Crippen LogP contribution < -0.4 is 4.90 Å². The van der Waals surface area contributed by atoms with E-state index >= 15 is 0 Å². The minimum atomic E-state index is -0.0484. The fraction of sp³-hybridized carbons (Fsp3) is 0.583. The Labute approximate surface area is 107 Å². The van der Waals surface area contributed by atoms with E-state index < -0.39 is 0 Å². The Morgan fingerprint density at radius 3 is 2.76 bits per heavy atom. The van der Waals surface area contributed by atoms with Crippen molar-refractivity contribution in [3.8, 4) is 0 Å². The van der Waals surface area contributed by atoms with Crippen molar-refractivity contribution in [2.45, 2.75) is 26.6 Å². The van der Waals surface area contributed by atoms with Crippen molar-refractivity contribution in [1.82, 2.24) is 4.98 Å². The van der Waals surface area contributed by atoms with E-state index in [1.54, 1.807) is 12.3 Å². The van der Waals surface area contributed by atoms with Crippen LogP contribution in [-0.4, -0.2) is 36.4 Å². The van der Waals surface area contributed by atoms with E-state index in [0.29, 0.717) is 23.0 Å². The van der Waals surface area contributed by atoms with Crippen molar-refractivity contribution >= 4 is 17.4 Å². The minimum Gasteiger partial charge on any atom is -0.392 e. The lowest BCUT2D eigenvalue weighted by molar-refractivity contribution is 0.0845. The molecule has 17 heavy (non-hydrogen) atoms. The van der Waals surface area contributed by atoms with Crippen LogP contribution in [0.4, 0.5) is 5.82 Å². The lowest BCUT2D eigenvalue weighted by Crippen LogP contribution is -2.25. The van der Waals surface area contributed by atoms with Gasteiger partial charge in [0.25, 0.3) is 0 Å². The predicted octanol–water partition coefficient (Wildman–Crippen LogP) is 2.09. The zero-order valence-corrected chi connectivity index (χ0v) is 11.2. The molecule has 1 rings (SSSR count). The van der Waals surface area contributed by atoms with E-state index in [1.807, 2.05) is 25.8 Å². The number of rotatable bonds is 6. The minimum absolute atomic E-state index is 0.0484. The van der Waals surface area contributed by atoms with Crippen LogP contribution >= 0.6 is 11.6 Å². The number of likely N-dealkylation sites (N-methyl/N-ethyl adjacent to an activating group) is 1. The highest BCUT2D eigenvalue weighted by atomic mass is 35.5. The summed E-state index contributed by atoms with van der Waals surface area (Å²) in [6, 6.07) is 1.73. The van der Waals surface area contributed by atoms with Crippen LogP contribution in [0, 0.1) is 0 Å².